The minimum absolute atomic E-state index is 0.00168. The monoisotopic (exact) mass is 416 g/mol. The molecule has 2 aromatic carbocycles. The van der Waals surface area contributed by atoms with Crippen LogP contribution >= 0.6 is 0 Å². The van der Waals surface area contributed by atoms with Gasteiger partial charge in [0.2, 0.25) is 15.9 Å². The van der Waals surface area contributed by atoms with E-state index in [9.17, 15) is 13.2 Å². The third-order valence-corrected chi connectivity index (χ3v) is 7.03. The fourth-order valence-corrected chi connectivity index (χ4v) is 4.70. The molecule has 1 amide bonds. The van der Waals surface area contributed by atoms with Crippen LogP contribution in [0.15, 0.2) is 59.5 Å². The number of ether oxygens (including phenoxy) is 1. The van der Waals surface area contributed by atoms with Gasteiger partial charge >= 0.3 is 0 Å². The first-order valence-corrected chi connectivity index (χ1v) is 11.3. The van der Waals surface area contributed by atoms with Crippen LogP contribution in [0.1, 0.15) is 30.9 Å². The third-order valence-electron chi connectivity index (χ3n) is 5.11. The quantitative estimate of drug-likeness (QED) is 0.696. The van der Waals surface area contributed by atoms with Crippen molar-refractivity contribution in [1.29, 1.82) is 0 Å². The molecule has 7 heteroatoms. The highest BCUT2D eigenvalue weighted by atomic mass is 32.2. The highest BCUT2D eigenvalue weighted by molar-refractivity contribution is 7.89. The van der Waals surface area contributed by atoms with Crippen molar-refractivity contribution in [2.45, 2.75) is 31.3 Å². The van der Waals surface area contributed by atoms with Gasteiger partial charge in [-0.2, -0.15) is 4.31 Å². The Morgan fingerprint density at radius 2 is 1.59 bits per heavy atom. The molecule has 6 nitrogen and oxygen atoms in total. The van der Waals surface area contributed by atoms with Gasteiger partial charge in [-0.15, -0.1) is 0 Å². The Morgan fingerprint density at radius 1 is 0.966 bits per heavy atom. The molecule has 1 aliphatic heterocycles. The molecule has 1 heterocycles. The number of sulfonamides is 1. The van der Waals surface area contributed by atoms with E-state index in [-0.39, 0.29) is 12.5 Å². The summed E-state index contributed by atoms with van der Waals surface area (Å²) in [6.07, 6.45) is 0. The number of rotatable bonds is 7. The van der Waals surface area contributed by atoms with Crippen molar-refractivity contribution < 1.29 is 17.9 Å². The second-order valence-electron chi connectivity index (χ2n) is 7.49. The van der Waals surface area contributed by atoms with Crippen molar-refractivity contribution in [2.24, 2.45) is 0 Å². The first-order chi connectivity index (χ1) is 13.9. The molecule has 1 aliphatic rings. The molecule has 0 N–H and O–H groups in total. The maximum Gasteiger partial charge on any atom is 0.248 e. The summed E-state index contributed by atoms with van der Waals surface area (Å²) in [4.78, 5) is 14.3. The first-order valence-electron chi connectivity index (χ1n) is 9.87. The number of carbonyl (C=O) groups excluding carboxylic acids is 1. The number of hydrogen-bond donors (Lipinski definition) is 0. The predicted octanol–water partition coefficient (Wildman–Crippen LogP) is 2.86. The van der Waals surface area contributed by atoms with Crippen molar-refractivity contribution in [3.8, 4) is 0 Å². The summed E-state index contributed by atoms with van der Waals surface area (Å²) in [6, 6.07) is 16.7. The fraction of sp³-hybridized carbons (Fsp3) is 0.409. The van der Waals surface area contributed by atoms with Crippen molar-refractivity contribution in [1.82, 2.24) is 9.21 Å². The minimum atomic E-state index is -3.54. The molecular weight excluding hydrogens is 388 g/mol. The molecule has 29 heavy (non-hydrogen) atoms. The van der Waals surface area contributed by atoms with Crippen LogP contribution in [0.3, 0.4) is 0 Å². The van der Waals surface area contributed by atoms with Crippen LogP contribution in [0, 0.1) is 0 Å². The van der Waals surface area contributed by atoms with E-state index in [2.05, 4.69) is 13.8 Å². The Morgan fingerprint density at radius 3 is 2.17 bits per heavy atom. The average Bonchev–Trinajstić information content (AvgIpc) is 2.74. The molecule has 0 aliphatic carbocycles. The maximum absolute atomic E-state index is 12.9. The summed E-state index contributed by atoms with van der Waals surface area (Å²) in [5, 5.41) is 0. The lowest BCUT2D eigenvalue weighted by Gasteiger charge is -2.34. The molecule has 0 atom stereocenters. The number of amides is 1. The Balaban J connectivity index is 1.50. The zero-order valence-electron chi connectivity index (χ0n) is 17.0. The van der Waals surface area contributed by atoms with Gasteiger partial charge in [-0.25, -0.2) is 8.42 Å². The highest BCUT2D eigenvalue weighted by Gasteiger charge is 2.30. The van der Waals surface area contributed by atoms with Crippen LogP contribution in [0.4, 0.5) is 0 Å². The number of benzene rings is 2. The lowest BCUT2D eigenvalue weighted by atomic mass is 10.0. The van der Waals surface area contributed by atoms with Gasteiger partial charge in [0.25, 0.3) is 0 Å². The summed E-state index contributed by atoms with van der Waals surface area (Å²) < 4.78 is 32.7. The zero-order valence-corrected chi connectivity index (χ0v) is 17.8. The standard InChI is InChI=1S/C22H28N2O4S/c1-18(2)20-8-10-21(11-9-20)29(26,27)24-14-12-23(13-15-24)22(25)17-28-16-19-6-4-3-5-7-19/h3-11,18H,12-17H2,1-2H3. The third kappa shape index (κ3) is 5.44. The van der Waals surface area contributed by atoms with Gasteiger partial charge < -0.3 is 9.64 Å². The number of nitrogens with zero attached hydrogens (tertiary/aromatic N) is 2. The van der Waals surface area contributed by atoms with Gasteiger partial charge in [0.15, 0.2) is 0 Å². The van der Waals surface area contributed by atoms with E-state index in [0.29, 0.717) is 43.6 Å². The van der Waals surface area contributed by atoms with Crippen LogP contribution in [-0.2, 0) is 26.2 Å². The van der Waals surface area contributed by atoms with Gasteiger partial charge in [0.05, 0.1) is 11.5 Å². The van der Waals surface area contributed by atoms with Crippen molar-refractivity contribution >= 4 is 15.9 Å². The summed E-state index contributed by atoms with van der Waals surface area (Å²) in [5.74, 6) is 0.240. The molecular formula is C22H28N2O4S. The lowest BCUT2D eigenvalue weighted by molar-refractivity contribution is -0.137. The van der Waals surface area contributed by atoms with Gasteiger partial charge in [0, 0.05) is 26.2 Å². The van der Waals surface area contributed by atoms with E-state index in [1.165, 1.54) is 4.31 Å². The number of carbonyl (C=O) groups is 1. The molecule has 1 saturated heterocycles. The number of hydrogen-bond acceptors (Lipinski definition) is 4. The van der Waals surface area contributed by atoms with Gasteiger partial charge in [0.1, 0.15) is 6.61 Å². The second kappa shape index (κ2) is 9.52. The second-order valence-corrected chi connectivity index (χ2v) is 9.42. The fourth-order valence-electron chi connectivity index (χ4n) is 3.27. The van der Waals surface area contributed by atoms with Crippen LogP contribution in [0.2, 0.25) is 0 Å². The van der Waals surface area contributed by atoms with Crippen LogP contribution < -0.4 is 0 Å². The molecule has 2 aromatic rings. The normalized spacial score (nSPS) is 15.6. The topological polar surface area (TPSA) is 66.9 Å². The summed E-state index contributed by atoms with van der Waals surface area (Å²) in [7, 11) is -3.54. The Kier molecular flexibility index (Phi) is 7.05. The summed E-state index contributed by atoms with van der Waals surface area (Å²) in [6.45, 7) is 5.85. The van der Waals surface area contributed by atoms with Crippen molar-refractivity contribution in [3.05, 3.63) is 65.7 Å². The van der Waals surface area contributed by atoms with E-state index in [0.717, 1.165) is 11.1 Å². The Labute approximate surface area is 173 Å². The van der Waals surface area contributed by atoms with E-state index in [4.69, 9.17) is 4.74 Å². The van der Waals surface area contributed by atoms with Crippen LogP contribution in [0.5, 0.6) is 0 Å². The molecule has 0 saturated carbocycles. The van der Waals surface area contributed by atoms with Crippen LogP contribution in [-0.4, -0.2) is 56.3 Å². The molecule has 3 rings (SSSR count). The molecule has 0 bridgehead atoms. The summed E-state index contributed by atoms with van der Waals surface area (Å²) >= 11 is 0. The largest absolute Gasteiger partial charge is 0.367 e. The smallest absolute Gasteiger partial charge is 0.248 e. The van der Waals surface area contributed by atoms with E-state index in [1.54, 1.807) is 17.0 Å². The molecule has 156 valence electrons. The maximum atomic E-state index is 12.9. The minimum Gasteiger partial charge on any atom is -0.367 e. The van der Waals surface area contributed by atoms with Crippen molar-refractivity contribution in [2.75, 3.05) is 32.8 Å². The number of piperazine rings is 1. The molecule has 0 unspecified atom stereocenters. The molecule has 0 aromatic heterocycles. The molecule has 0 radical (unpaired) electrons. The van der Waals surface area contributed by atoms with E-state index in [1.807, 2.05) is 42.5 Å². The van der Waals surface area contributed by atoms with Crippen molar-refractivity contribution in [3.63, 3.8) is 0 Å². The molecule has 0 spiro atoms. The SMILES string of the molecule is CC(C)c1ccc(S(=O)(=O)N2CCN(C(=O)COCc3ccccc3)CC2)cc1. The van der Waals surface area contributed by atoms with Gasteiger partial charge in [-0.05, 0) is 29.2 Å². The van der Waals surface area contributed by atoms with E-state index < -0.39 is 10.0 Å². The highest BCUT2D eigenvalue weighted by Crippen LogP contribution is 2.21. The molecule has 1 fully saturated rings. The average molecular weight is 417 g/mol. The summed E-state index contributed by atoms with van der Waals surface area (Å²) in [5.41, 5.74) is 2.12. The predicted molar refractivity (Wildman–Crippen MR) is 112 cm³/mol. The van der Waals surface area contributed by atoms with Gasteiger partial charge in [-0.3, -0.25) is 4.79 Å². The zero-order chi connectivity index (χ0) is 20.9. The van der Waals surface area contributed by atoms with Gasteiger partial charge in [-0.1, -0.05) is 56.3 Å². The van der Waals surface area contributed by atoms with E-state index >= 15 is 0 Å². The lowest BCUT2D eigenvalue weighted by Crippen LogP contribution is -2.51. The van der Waals surface area contributed by atoms with Crippen LogP contribution in [0.25, 0.3) is 0 Å². The first kappa shape index (κ1) is 21.5. The Bertz CT molecular complexity index is 904. The Hall–Kier alpha value is -2.22.